The molecule has 0 saturated carbocycles. The lowest BCUT2D eigenvalue weighted by atomic mass is 10.1. The Balaban J connectivity index is 1.59. The highest BCUT2D eigenvalue weighted by molar-refractivity contribution is 7.89. The Bertz CT molecular complexity index is 1050. The van der Waals surface area contributed by atoms with Crippen molar-refractivity contribution in [2.75, 3.05) is 5.32 Å². The summed E-state index contributed by atoms with van der Waals surface area (Å²) in [5, 5.41) is 3.35. The summed E-state index contributed by atoms with van der Waals surface area (Å²) in [4.78, 5) is 12.3. The maximum absolute atomic E-state index is 12.4. The largest absolute Gasteiger partial charge is 0.468 e. The Hall–Kier alpha value is -2.61. The third-order valence-corrected chi connectivity index (χ3v) is 5.61. The number of sulfonamides is 1. The molecule has 0 aliphatic carbocycles. The fraction of sp³-hybridized carbons (Fsp3) is 0.150. The zero-order chi connectivity index (χ0) is 20.0. The van der Waals surface area contributed by atoms with Gasteiger partial charge < -0.3 is 9.73 Å². The van der Waals surface area contributed by atoms with E-state index in [2.05, 4.69) is 10.0 Å². The molecule has 1 amide bonds. The molecule has 0 radical (unpaired) electrons. The second kappa shape index (κ2) is 9.05. The van der Waals surface area contributed by atoms with Crippen molar-refractivity contribution in [3.05, 3.63) is 83.3 Å². The van der Waals surface area contributed by atoms with Crippen LogP contribution in [0.25, 0.3) is 0 Å². The molecular formula is C20H19ClN2O4S. The topological polar surface area (TPSA) is 88.4 Å². The number of aryl methyl sites for hydroxylation is 1. The highest BCUT2D eigenvalue weighted by atomic mass is 35.5. The number of nitrogens with one attached hydrogen (secondary N) is 2. The molecule has 0 aliphatic rings. The minimum absolute atomic E-state index is 0.0472. The summed E-state index contributed by atoms with van der Waals surface area (Å²) >= 11 is 5.94. The highest BCUT2D eigenvalue weighted by Crippen LogP contribution is 2.17. The minimum Gasteiger partial charge on any atom is -0.468 e. The number of benzene rings is 2. The van der Waals surface area contributed by atoms with Crippen LogP contribution in [-0.4, -0.2) is 14.3 Å². The van der Waals surface area contributed by atoms with Crippen molar-refractivity contribution >= 4 is 33.2 Å². The summed E-state index contributed by atoms with van der Waals surface area (Å²) in [5.74, 6) is 0.298. The van der Waals surface area contributed by atoms with Crippen molar-refractivity contribution in [1.82, 2.24) is 4.72 Å². The summed E-state index contributed by atoms with van der Waals surface area (Å²) in [6, 6.07) is 16.8. The third kappa shape index (κ3) is 5.69. The Morgan fingerprint density at radius 1 is 1.04 bits per heavy atom. The van der Waals surface area contributed by atoms with Gasteiger partial charge in [0.15, 0.2) is 0 Å². The van der Waals surface area contributed by atoms with Gasteiger partial charge in [-0.1, -0.05) is 29.8 Å². The Morgan fingerprint density at radius 3 is 2.61 bits per heavy atom. The average molecular weight is 419 g/mol. The lowest BCUT2D eigenvalue weighted by Crippen LogP contribution is -2.23. The number of carbonyl (C=O) groups is 1. The van der Waals surface area contributed by atoms with Gasteiger partial charge in [-0.25, -0.2) is 13.1 Å². The maximum atomic E-state index is 12.4. The first-order chi connectivity index (χ1) is 13.4. The molecule has 1 aromatic heterocycles. The van der Waals surface area contributed by atoms with Crippen LogP contribution >= 0.6 is 11.6 Å². The first-order valence-electron chi connectivity index (χ1n) is 8.59. The number of rotatable bonds is 8. The predicted molar refractivity (Wildman–Crippen MR) is 108 cm³/mol. The zero-order valence-electron chi connectivity index (χ0n) is 14.9. The van der Waals surface area contributed by atoms with E-state index in [1.807, 2.05) is 18.2 Å². The van der Waals surface area contributed by atoms with Crippen molar-refractivity contribution in [3.8, 4) is 0 Å². The second-order valence-electron chi connectivity index (χ2n) is 6.11. The van der Waals surface area contributed by atoms with Crippen LogP contribution in [0.4, 0.5) is 5.69 Å². The molecular weight excluding hydrogens is 400 g/mol. The van der Waals surface area contributed by atoms with Gasteiger partial charge in [0.05, 0.1) is 17.7 Å². The van der Waals surface area contributed by atoms with Crippen LogP contribution in [0.2, 0.25) is 5.02 Å². The van der Waals surface area contributed by atoms with Gasteiger partial charge >= 0.3 is 0 Å². The lowest BCUT2D eigenvalue weighted by molar-refractivity contribution is -0.116. The SMILES string of the molecule is O=C(CCc1cccc(Cl)c1)Nc1cccc(S(=O)(=O)NCc2ccco2)c1. The monoisotopic (exact) mass is 418 g/mol. The Kier molecular flexibility index (Phi) is 6.51. The Morgan fingerprint density at radius 2 is 1.86 bits per heavy atom. The van der Waals surface area contributed by atoms with Crippen molar-refractivity contribution in [2.45, 2.75) is 24.3 Å². The molecule has 0 fully saturated rings. The van der Waals surface area contributed by atoms with Crippen LogP contribution in [0.1, 0.15) is 17.7 Å². The van der Waals surface area contributed by atoms with E-state index in [0.717, 1.165) is 5.56 Å². The normalized spacial score (nSPS) is 11.3. The number of halogens is 1. The summed E-state index contributed by atoms with van der Waals surface area (Å²) in [6.45, 7) is 0.0472. The Labute approximate surface area is 168 Å². The molecule has 1 heterocycles. The molecule has 0 aliphatic heterocycles. The van der Waals surface area contributed by atoms with Gasteiger partial charge in [0.1, 0.15) is 5.76 Å². The van der Waals surface area contributed by atoms with Gasteiger partial charge in [-0.05, 0) is 54.4 Å². The van der Waals surface area contributed by atoms with Gasteiger partial charge in [0.2, 0.25) is 15.9 Å². The summed E-state index contributed by atoms with van der Waals surface area (Å²) < 4.78 is 32.4. The minimum atomic E-state index is -3.73. The number of hydrogen-bond donors (Lipinski definition) is 2. The van der Waals surface area contributed by atoms with Crippen LogP contribution in [0.15, 0.2) is 76.2 Å². The van der Waals surface area contributed by atoms with E-state index in [4.69, 9.17) is 16.0 Å². The van der Waals surface area contributed by atoms with Crippen molar-refractivity contribution in [2.24, 2.45) is 0 Å². The van der Waals surface area contributed by atoms with Crippen molar-refractivity contribution < 1.29 is 17.6 Å². The third-order valence-electron chi connectivity index (χ3n) is 3.97. The van der Waals surface area contributed by atoms with E-state index in [1.165, 1.54) is 18.4 Å². The second-order valence-corrected chi connectivity index (χ2v) is 8.31. The van der Waals surface area contributed by atoms with Gasteiger partial charge in [-0.3, -0.25) is 4.79 Å². The molecule has 0 spiro atoms. The molecule has 0 atom stereocenters. The van der Waals surface area contributed by atoms with E-state index in [-0.39, 0.29) is 23.8 Å². The standard InChI is InChI=1S/C20H19ClN2O4S/c21-16-5-1-4-15(12-16)9-10-20(24)23-17-6-2-8-19(13-17)28(25,26)22-14-18-7-3-11-27-18/h1-8,11-13,22H,9-10,14H2,(H,23,24). The highest BCUT2D eigenvalue weighted by Gasteiger charge is 2.15. The maximum Gasteiger partial charge on any atom is 0.241 e. The average Bonchev–Trinajstić information content (AvgIpc) is 3.19. The van der Waals surface area contributed by atoms with Gasteiger partial charge in [0, 0.05) is 17.1 Å². The summed E-state index contributed by atoms with van der Waals surface area (Å²) in [7, 11) is -3.73. The fourth-order valence-corrected chi connectivity index (χ4v) is 3.83. The predicted octanol–water partition coefficient (Wildman–Crippen LogP) is 3.98. The summed E-state index contributed by atoms with van der Waals surface area (Å²) in [6.07, 6.45) is 2.27. The fourth-order valence-electron chi connectivity index (χ4n) is 2.58. The van der Waals surface area contributed by atoms with Crippen LogP contribution in [-0.2, 0) is 27.8 Å². The smallest absolute Gasteiger partial charge is 0.241 e. The van der Waals surface area contributed by atoms with Crippen molar-refractivity contribution in [3.63, 3.8) is 0 Å². The quantitative estimate of drug-likeness (QED) is 0.579. The number of amides is 1. The zero-order valence-corrected chi connectivity index (χ0v) is 16.5. The van der Waals surface area contributed by atoms with E-state index in [0.29, 0.717) is 22.9 Å². The van der Waals surface area contributed by atoms with Crippen LogP contribution < -0.4 is 10.0 Å². The van der Waals surface area contributed by atoms with Crippen LogP contribution in [0, 0.1) is 0 Å². The molecule has 146 valence electrons. The van der Waals surface area contributed by atoms with E-state index < -0.39 is 10.0 Å². The van der Waals surface area contributed by atoms with E-state index >= 15 is 0 Å². The van der Waals surface area contributed by atoms with Gasteiger partial charge in [-0.2, -0.15) is 0 Å². The first kappa shape index (κ1) is 20.1. The number of furan rings is 1. The molecule has 0 unspecified atom stereocenters. The molecule has 3 rings (SSSR count). The molecule has 6 nitrogen and oxygen atoms in total. The van der Waals surface area contributed by atoms with E-state index in [9.17, 15) is 13.2 Å². The molecule has 2 aromatic carbocycles. The lowest BCUT2D eigenvalue weighted by Gasteiger charge is -2.09. The van der Waals surface area contributed by atoms with Crippen LogP contribution in [0.3, 0.4) is 0 Å². The van der Waals surface area contributed by atoms with Gasteiger partial charge in [-0.15, -0.1) is 0 Å². The number of anilines is 1. The molecule has 8 heteroatoms. The molecule has 3 aromatic rings. The van der Waals surface area contributed by atoms with Crippen LogP contribution in [0.5, 0.6) is 0 Å². The van der Waals surface area contributed by atoms with Crippen molar-refractivity contribution in [1.29, 1.82) is 0 Å². The van der Waals surface area contributed by atoms with E-state index in [1.54, 1.807) is 30.3 Å². The summed E-state index contributed by atoms with van der Waals surface area (Å²) in [5.41, 5.74) is 1.37. The molecule has 28 heavy (non-hydrogen) atoms. The number of hydrogen-bond acceptors (Lipinski definition) is 4. The molecule has 0 bridgehead atoms. The van der Waals surface area contributed by atoms with Gasteiger partial charge in [0.25, 0.3) is 0 Å². The molecule has 0 saturated heterocycles. The molecule has 2 N–H and O–H groups in total. The number of carbonyl (C=O) groups excluding carboxylic acids is 1. The first-order valence-corrected chi connectivity index (χ1v) is 10.4.